The van der Waals surface area contributed by atoms with Crippen LogP contribution < -0.4 is 14.8 Å². The van der Waals surface area contributed by atoms with E-state index < -0.39 is 21.9 Å². The standard InChI is InChI=1S/C20H25FN2O5S/c1-27-13-3-12-22-20(24)14-19(15-4-8-17(28-2)9-5-15)23-29(25,26)18-10-6-16(21)7-11-18/h4-11,19,23H,3,12-14H2,1-2H3,(H,22,24)/t19-/m1/s1. The summed E-state index contributed by atoms with van der Waals surface area (Å²) in [7, 11) is -0.863. The van der Waals surface area contributed by atoms with E-state index in [0.717, 1.165) is 12.1 Å². The van der Waals surface area contributed by atoms with Crippen molar-refractivity contribution >= 4 is 15.9 Å². The van der Waals surface area contributed by atoms with Crippen LogP contribution in [0.5, 0.6) is 5.75 Å². The van der Waals surface area contributed by atoms with Gasteiger partial charge < -0.3 is 14.8 Å². The Morgan fingerprint density at radius 3 is 2.31 bits per heavy atom. The van der Waals surface area contributed by atoms with Crippen molar-refractivity contribution in [2.45, 2.75) is 23.8 Å². The molecule has 1 atom stereocenters. The van der Waals surface area contributed by atoms with Crippen LogP contribution in [-0.4, -0.2) is 41.7 Å². The minimum Gasteiger partial charge on any atom is -0.497 e. The van der Waals surface area contributed by atoms with Gasteiger partial charge in [0.25, 0.3) is 0 Å². The van der Waals surface area contributed by atoms with Gasteiger partial charge in [-0.05, 0) is 48.4 Å². The highest BCUT2D eigenvalue weighted by atomic mass is 32.2. The predicted octanol–water partition coefficient (Wildman–Crippen LogP) is 2.40. The zero-order chi connectivity index (χ0) is 21.3. The molecule has 0 radical (unpaired) electrons. The monoisotopic (exact) mass is 424 g/mol. The van der Waals surface area contributed by atoms with Crippen LogP contribution in [0.4, 0.5) is 4.39 Å². The molecule has 9 heteroatoms. The van der Waals surface area contributed by atoms with E-state index in [4.69, 9.17) is 9.47 Å². The lowest BCUT2D eigenvalue weighted by atomic mass is 10.0. The fourth-order valence-corrected chi connectivity index (χ4v) is 3.86. The van der Waals surface area contributed by atoms with Crippen LogP contribution in [0, 0.1) is 5.82 Å². The molecule has 2 N–H and O–H groups in total. The molecular formula is C20H25FN2O5S. The summed E-state index contributed by atoms with van der Waals surface area (Å²) in [5, 5.41) is 2.75. The van der Waals surface area contributed by atoms with E-state index in [0.29, 0.717) is 30.9 Å². The number of carbonyl (C=O) groups excluding carboxylic acids is 1. The lowest BCUT2D eigenvalue weighted by molar-refractivity contribution is -0.121. The van der Waals surface area contributed by atoms with Gasteiger partial charge in [-0.25, -0.2) is 17.5 Å². The molecule has 0 saturated heterocycles. The molecule has 2 aromatic carbocycles. The van der Waals surface area contributed by atoms with Crippen molar-refractivity contribution in [3.63, 3.8) is 0 Å². The van der Waals surface area contributed by atoms with E-state index in [1.165, 1.54) is 19.2 Å². The van der Waals surface area contributed by atoms with Gasteiger partial charge in [-0.15, -0.1) is 0 Å². The quantitative estimate of drug-likeness (QED) is 0.541. The maximum Gasteiger partial charge on any atom is 0.241 e. The summed E-state index contributed by atoms with van der Waals surface area (Å²) < 4.78 is 51.2. The van der Waals surface area contributed by atoms with Gasteiger partial charge in [-0.3, -0.25) is 4.79 Å². The first kappa shape index (κ1) is 22.8. The number of carbonyl (C=O) groups is 1. The predicted molar refractivity (Wildman–Crippen MR) is 107 cm³/mol. The van der Waals surface area contributed by atoms with Crippen LogP contribution in [0.2, 0.25) is 0 Å². The summed E-state index contributed by atoms with van der Waals surface area (Å²) in [6.07, 6.45) is 0.552. The van der Waals surface area contributed by atoms with Crippen molar-refractivity contribution < 1.29 is 27.1 Å². The zero-order valence-electron chi connectivity index (χ0n) is 16.4. The molecule has 0 aliphatic heterocycles. The third kappa shape index (κ3) is 7.12. The van der Waals surface area contributed by atoms with Gasteiger partial charge in [0.05, 0.1) is 18.0 Å². The number of ether oxygens (including phenoxy) is 2. The molecule has 7 nitrogen and oxygen atoms in total. The lowest BCUT2D eigenvalue weighted by Gasteiger charge is -2.19. The maximum absolute atomic E-state index is 13.1. The number of methoxy groups -OCH3 is 2. The van der Waals surface area contributed by atoms with Gasteiger partial charge in [0.2, 0.25) is 15.9 Å². The number of rotatable bonds is 11. The summed E-state index contributed by atoms with van der Waals surface area (Å²) in [6, 6.07) is 10.4. The molecule has 0 bridgehead atoms. The summed E-state index contributed by atoms with van der Waals surface area (Å²) in [6.45, 7) is 0.937. The van der Waals surface area contributed by atoms with Crippen molar-refractivity contribution in [3.8, 4) is 5.75 Å². The first-order valence-corrected chi connectivity index (χ1v) is 10.5. The maximum atomic E-state index is 13.1. The number of hydrogen-bond acceptors (Lipinski definition) is 5. The Morgan fingerprint density at radius 2 is 1.72 bits per heavy atom. The SMILES string of the molecule is COCCCNC(=O)C[C@@H](NS(=O)(=O)c1ccc(F)cc1)c1ccc(OC)cc1. The van der Waals surface area contributed by atoms with E-state index in [1.807, 2.05) is 0 Å². The molecule has 29 heavy (non-hydrogen) atoms. The molecule has 0 spiro atoms. The highest BCUT2D eigenvalue weighted by Gasteiger charge is 2.24. The Balaban J connectivity index is 2.19. The highest BCUT2D eigenvalue weighted by Crippen LogP contribution is 2.23. The van der Waals surface area contributed by atoms with Gasteiger partial charge in [-0.2, -0.15) is 0 Å². The molecule has 0 aliphatic rings. The third-order valence-electron chi connectivity index (χ3n) is 4.18. The first-order chi connectivity index (χ1) is 13.9. The molecule has 158 valence electrons. The number of amides is 1. The van der Waals surface area contributed by atoms with Gasteiger partial charge in [-0.1, -0.05) is 12.1 Å². The van der Waals surface area contributed by atoms with Crippen molar-refractivity contribution in [2.24, 2.45) is 0 Å². The van der Waals surface area contributed by atoms with Crippen LogP contribution in [-0.2, 0) is 19.6 Å². The molecule has 1 amide bonds. The molecular weight excluding hydrogens is 399 g/mol. The van der Waals surface area contributed by atoms with Crippen molar-refractivity contribution in [1.82, 2.24) is 10.0 Å². The number of sulfonamides is 1. The molecule has 0 aliphatic carbocycles. The molecule has 2 aromatic rings. The van der Waals surface area contributed by atoms with Crippen molar-refractivity contribution in [1.29, 1.82) is 0 Å². The van der Waals surface area contributed by atoms with E-state index in [-0.39, 0.29) is 17.2 Å². The normalized spacial score (nSPS) is 12.4. The average Bonchev–Trinajstić information content (AvgIpc) is 2.71. The lowest BCUT2D eigenvalue weighted by Crippen LogP contribution is -2.34. The average molecular weight is 424 g/mol. The third-order valence-corrected chi connectivity index (χ3v) is 5.66. The number of nitrogens with one attached hydrogen (secondary N) is 2. The number of benzene rings is 2. The first-order valence-electron chi connectivity index (χ1n) is 9.03. The van der Waals surface area contributed by atoms with Gasteiger partial charge in [0, 0.05) is 26.7 Å². The summed E-state index contributed by atoms with van der Waals surface area (Å²) in [5.74, 6) is -0.229. The van der Waals surface area contributed by atoms with Gasteiger partial charge in [0.15, 0.2) is 0 Å². The fourth-order valence-electron chi connectivity index (χ4n) is 2.63. The smallest absolute Gasteiger partial charge is 0.241 e. The molecule has 0 fully saturated rings. The minimum atomic E-state index is -3.96. The highest BCUT2D eigenvalue weighted by molar-refractivity contribution is 7.89. The summed E-state index contributed by atoms with van der Waals surface area (Å²) in [5.41, 5.74) is 0.600. The topological polar surface area (TPSA) is 93.7 Å². The summed E-state index contributed by atoms with van der Waals surface area (Å²) >= 11 is 0. The second kappa shape index (κ2) is 10.9. The Morgan fingerprint density at radius 1 is 1.07 bits per heavy atom. The van der Waals surface area contributed by atoms with E-state index >= 15 is 0 Å². The number of hydrogen-bond donors (Lipinski definition) is 2. The van der Waals surface area contributed by atoms with E-state index in [9.17, 15) is 17.6 Å². The van der Waals surface area contributed by atoms with E-state index in [1.54, 1.807) is 31.4 Å². The van der Waals surface area contributed by atoms with Gasteiger partial charge >= 0.3 is 0 Å². The largest absolute Gasteiger partial charge is 0.497 e. The van der Waals surface area contributed by atoms with Crippen LogP contribution in [0.15, 0.2) is 53.4 Å². The van der Waals surface area contributed by atoms with Crippen LogP contribution in [0.1, 0.15) is 24.4 Å². The molecule has 0 heterocycles. The molecule has 2 rings (SSSR count). The van der Waals surface area contributed by atoms with Gasteiger partial charge in [0.1, 0.15) is 11.6 Å². The van der Waals surface area contributed by atoms with Crippen molar-refractivity contribution in [2.75, 3.05) is 27.4 Å². The molecule has 0 unspecified atom stereocenters. The van der Waals surface area contributed by atoms with Crippen LogP contribution >= 0.6 is 0 Å². The number of halogens is 1. The second-order valence-corrected chi connectivity index (χ2v) is 8.02. The Hall–Kier alpha value is -2.49. The Labute approximate surface area is 170 Å². The van der Waals surface area contributed by atoms with Crippen LogP contribution in [0.25, 0.3) is 0 Å². The Kier molecular flexibility index (Phi) is 8.56. The molecule has 0 aromatic heterocycles. The minimum absolute atomic E-state index is 0.0853. The Bertz CT molecular complexity index is 886. The summed E-state index contributed by atoms with van der Waals surface area (Å²) in [4.78, 5) is 12.2. The zero-order valence-corrected chi connectivity index (χ0v) is 17.2. The van der Waals surface area contributed by atoms with E-state index in [2.05, 4.69) is 10.0 Å². The van der Waals surface area contributed by atoms with Crippen molar-refractivity contribution in [3.05, 3.63) is 59.9 Å². The molecule has 0 saturated carbocycles. The second-order valence-electron chi connectivity index (χ2n) is 6.30. The van der Waals surface area contributed by atoms with Crippen LogP contribution in [0.3, 0.4) is 0 Å². The fraction of sp³-hybridized carbons (Fsp3) is 0.350.